The summed E-state index contributed by atoms with van der Waals surface area (Å²) >= 11 is 0. The Kier molecular flexibility index (Phi) is 3.28. The first kappa shape index (κ1) is 13.8. The quantitative estimate of drug-likeness (QED) is 0.841. The molecule has 0 radical (unpaired) electrons. The zero-order chi connectivity index (χ0) is 14.7. The topological polar surface area (TPSA) is 41.1 Å². The minimum absolute atomic E-state index is 0.365. The average Bonchev–Trinajstić information content (AvgIpc) is 2.81. The third kappa shape index (κ3) is 2.40. The van der Waals surface area contributed by atoms with Gasteiger partial charge in [0, 0.05) is 24.5 Å². The Bertz CT molecular complexity index is 422. The molecule has 4 saturated carbocycles. The molecule has 1 amide bonds. The van der Waals surface area contributed by atoms with Crippen molar-refractivity contribution in [1.29, 1.82) is 0 Å². The molecule has 2 unspecified atom stereocenters. The SMILES string of the molecule is O=C(CC1CC2CCC(C1)N2)NC1C2CC3CC(C2)CC1C3. The highest BCUT2D eigenvalue weighted by Gasteiger charge is 2.48. The van der Waals surface area contributed by atoms with Crippen LogP contribution >= 0.6 is 0 Å². The van der Waals surface area contributed by atoms with Gasteiger partial charge in [-0.25, -0.2) is 0 Å². The van der Waals surface area contributed by atoms with Gasteiger partial charge in [-0.3, -0.25) is 4.79 Å². The molecule has 2 atom stereocenters. The van der Waals surface area contributed by atoms with Gasteiger partial charge in [0.05, 0.1) is 0 Å². The van der Waals surface area contributed by atoms with E-state index in [1.54, 1.807) is 0 Å². The van der Waals surface area contributed by atoms with Crippen molar-refractivity contribution in [3.63, 3.8) is 0 Å². The Morgan fingerprint density at radius 2 is 1.45 bits per heavy atom. The van der Waals surface area contributed by atoms with Crippen molar-refractivity contribution in [3.05, 3.63) is 0 Å². The summed E-state index contributed by atoms with van der Waals surface area (Å²) in [5, 5.41) is 7.19. The number of nitrogens with one attached hydrogen (secondary N) is 2. The minimum Gasteiger partial charge on any atom is -0.353 e. The van der Waals surface area contributed by atoms with E-state index in [0.29, 0.717) is 30.0 Å². The van der Waals surface area contributed by atoms with Gasteiger partial charge in [-0.05, 0) is 87.4 Å². The Morgan fingerprint density at radius 3 is 2.05 bits per heavy atom. The Morgan fingerprint density at radius 1 is 0.864 bits per heavy atom. The van der Waals surface area contributed by atoms with Crippen LogP contribution in [0.2, 0.25) is 0 Å². The predicted octanol–water partition coefficient (Wildman–Crippen LogP) is 2.85. The summed E-state index contributed by atoms with van der Waals surface area (Å²) in [5.41, 5.74) is 0. The Labute approximate surface area is 134 Å². The van der Waals surface area contributed by atoms with Gasteiger partial charge in [0.1, 0.15) is 0 Å². The molecular formula is C19H30N2O. The van der Waals surface area contributed by atoms with Crippen molar-refractivity contribution in [3.8, 4) is 0 Å². The van der Waals surface area contributed by atoms with E-state index in [9.17, 15) is 4.79 Å². The van der Waals surface area contributed by atoms with E-state index in [4.69, 9.17) is 0 Å². The molecule has 0 spiro atoms. The van der Waals surface area contributed by atoms with Crippen LogP contribution in [0.15, 0.2) is 0 Å². The van der Waals surface area contributed by atoms with Crippen LogP contribution < -0.4 is 10.6 Å². The highest BCUT2D eigenvalue weighted by molar-refractivity contribution is 5.76. The van der Waals surface area contributed by atoms with Crippen LogP contribution in [0.25, 0.3) is 0 Å². The fourth-order valence-electron chi connectivity index (χ4n) is 7.01. The largest absolute Gasteiger partial charge is 0.353 e. The van der Waals surface area contributed by atoms with E-state index in [0.717, 1.165) is 30.1 Å². The number of rotatable bonds is 3. The summed E-state index contributed by atoms with van der Waals surface area (Å²) in [6, 6.07) is 1.94. The Hall–Kier alpha value is -0.570. The average molecular weight is 302 g/mol. The van der Waals surface area contributed by atoms with Gasteiger partial charge < -0.3 is 10.6 Å². The first-order valence-corrected chi connectivity index (χ1v) is 9.78. The molecule has 4 aliphatic carbocycles. The lowest BCUT2D eigenvalue weighted by Gasteiger charge is -2.54. The lowest BCUT2D eigenvalue weighted by atomic mass is 9.54. The number of hydrogen-bond acceptors (Lipinski definition) is 2. The molecule has 2 aliphatic heterocycles. The number of amides is 1. The summed E-state index contributed by atoms with van der Waals surface area (Å²) in [4.78, 5) is 12.6. The molecule has 6 bridgehead atoms. The van der Waals surface area contributed by atoms with Crippen molar-refractivity contribution in [2.24, 2.45) is 29.6 Å². The molecule has 22 heavy (non-hydrogen) atoms. The van der Waals surface area contributed by atoms with Crippen LogP contribution in [-0.2, 0) is 4.79 Å². The second-order valence-electron chi connectivity index (χ2n) is 9.20. The van der Waals surface area contributed by atoms with E-state index in [1.807, 2.05) is 0 Å². The molecule has 2 saturated heterocycles. The van der Waals surface area contributed by atoms with Gasteiger partial charge in [0.25, 0.3) is 0 Å². The lowest BCUT2D eigenvalue weighted by molar-refractivity contribution is -0.126. The monoisotopic (exact) mass is 302 g/mol. The third-order valence-corrected chi connectivity index (χ3v) is 7.60. The molecule has 2 N–H and O–H groups in total. The standard InChI is InChI=1S/C19H30N2O/c22-18(10-13-8-16-1-2-17(9-13)20-16)21-19-14-4-11-3-12(6-14)7-15(19)5-11/h11-17,19-20H,1-10H2,(H,21,22). The van der Waals surface area contributed by atoms with Crippen molar-refractivity contribution in [2.45, 2.75) is 82.3 Å². The van der Waals surface area contributed by atoms with Gasteiger partial charge in [-0.1, -0.05) is 0 Å². The van der Waals surface area contributed by atoms with Crippen LogP contribution in [-0.4, -0.2) is 24.0 Å². The maximum Gasteiger partial charge on any atom is 0.220 e. The molecule has 6 fully saturated rings. The summed E-state index contributed by atoms with van der Waals surface area (Å²) in [6.07, 6.45) is 13.0. The molecule has 0 aromatic heterocycles. The highest BCUT2D eigenvalue weighted by atomic mass is 16.1. The van der Waals surface area contributed by atoms with Crippen molar-refractivity contribution < 1.29 is 4.79 Å². The zero-order valence-corrected chi connectivity index (χ0v) is 13.6. The molecule has 2 heterocycles. The van der Waals surface area contributed by atoms with E-state index < -0.39 is 0 Å². The summed E-state index contributed by atoms with van der Waals surface area (Å²) in [5.74, 6) is 4.61. The molecule has 6 rings (SSSR count). The van der Waals surface area contributed by atoms with Crippen LogP contribution in [0.3, 0.4) is 0 Å². The maximum atomic E-state index is 12.6. The highest BCUT2D eigenvalue weighted by Crippen LogP contribution is 2.53. The normalized spacial score (nSPS) is 52.0. The van der Waals surface area contributed by atoms with Crippen molar-refractivity contribution >= 4 is 5.91 Å². The maximum absolute atomic E-state index is 12.6. The molecule has 0 aromatic rings. The van der Waals surface area contributed by atoms with Gasteiger partial charge in [-0.15, -0.1) is 0 Å². The van der Waals surface area contributed by atoms with Crippen LogP contribution in [0, 0.1) is 29.6 Å². The molecule has 6 aliphatic rings. The van der Waals surface area contributed by atoms with E-state index in [1.165, 1.54) is 57.8 Å². The zero-order valence-electron chi connectivity index (χ0n) is 13.6. The third-order valence-electron chi connectivity index (χ3n) is 7.60. The van der Waals surface area contributed by atoms with Crippen molar-refractivity contribution in [2.75, 3.05) is 0 Å². The van der Waals surface area contributed by atoms with Gasteiger partial charge in [0.15, 0.2) is 0 Å². The summed E-state index contributed by atoms with van der Waals surface area (Å²) < 4.78 is 0. The second kappa shape index (κ2) is 5.22. The minimum atomic E-state index is 0.365. The van der Waals surface area contributed by atoms with E-state index in [2.05, 4.69) is 10.6 Å². The molecule has 0 aromatic carbocycles. The van der Waals surface area contributed by atoms with Crippen LogP contribution in [0.5, 0.6) is 0 Å². The number of carbonyl (C=O) groups excluding carboxylic acids is 1. The van der Waals surface area contributed by atoms with Crippen LogP contribution in [0.1, 0.15) is 64.2 Å². The fraction of sp³-hybridized carbons (Fsp3) is 0.947. The Balaban J connectivity index is 1.19. The number of fused-ring (bicyclic) bond motifs is 2. The van der Waals surface area contributed by atoms with Gasteiger partial charge >= 0.3 is 0 Å². The van der Waals surface area contributed by atoms with Gasteiger partial charge in [0.2, 0.25) is 5.91 Å². The number of piperidine rings is 1. The van der Waals surface area contributed by atoms with E-state index >= 15 is 0 Å². The summed E-state index contributed by atoms with van der Waals surface area (Å²) in [6.45, 7) is 0. The van der Waals surface area contributed by atoms with Crippen molar-refractivity contribution in [1.82, 2.24) is 10.6 Å². The smallest absolute Gasteiger partial charge is 0.220 e. The second-order valence-corrected chi connectivity index (χ2v) is 9.20. The number of hydrogen-bond donors (Lipinski definition) is 2. The number of carbonyl (C=O) groups is 1. The van der Waals surface area contributed by atoms with Gasteiger partial charge in [-0.2, -0.15) is 0 Å². The lowest BCUT2D eigenvalue weighted by Crippen LogP contribution is -2.56. The summed E-state index contributed by atoms with van der Waals surface area (Å²) in [7, 11) is 0. The first-order valence-electron chi connectivity index (χ1n) is 9.78. The molecule has 3 heteroatoms. The molecule has 122 valence electrons. The first-order chi connectivity index (χ1) is 10.7. The fourth-order valence-corrected chi connectivity index (χ4v) is 7.01. The van der Waals surface area contributed by atoms with Crippen LogP contribution in [0.4, 0.5) is 0 Å². The molecule has 3 nitrogen and oxygen atoms in total. The van der Waals surface area contributed by atoms with E-state index in [-0.39, 0.29) is 0 Å². The predicted molar refractivity (Wildman–Crippen MR) is 86.3 cm³/mol. The molecular weight excluding hydrogens is 272 g/mol.